The Morgan fingerprint density at radius 1 is 1.29 bits per heavy atom. The van der Waals surface area contributed by atoms with E-state index in [4.69, 9.17) is 11.6 Å². The fourth-order valence-electron chi connectivity index (χ4n) is 2.52. The standard InChI is InChI=1S/C18H18ClN3O2/c1-12-3-2-4-17-21-15(11-22(12)17)10-20-18(24)9-16(23)13-5-7-14(19)8-6-13/h2-8,11,16,23H,9-10H2,1H3,(H,20,24). The second-order valence-corrected chi connectivity index (χ2v) is 6.11. The van der Waals surface area contributed by atoms with Gasteiger partial charge in [0.25, 0.3) is 0 Å². The number of imidazole rings is 1. The van der Waals surface area contributed by atoms with Crippen LogP contribution in [0.3, 0.4) is 0 Å². The van der Waals surface area contributed by atoms with E-state index in [2.05, 4.69) is 10.3 Å². The number of pyridine rings is 1. The molecule has 1 atom stereocenters. The average Bonchev–Trinajstić information content (AvgIpc) is 2.98. The molecule has 0 saturated carbocycles. The zero-order chi connectivity index (χ0) is 17.1. The van der Waals surface area contributed by atoms with Crippen LogP contribution in [0.15, 0.2) is 48.7 Å². The van der Waals surface area contributed by atoms with Gasteiger partial charge < -0.3 is 14.8 Å². The highest BCUT2D eigenvalue weighted by atomic mass is 35.5. The van der Waals surface area contributed by atoms with Gasteiger partial charge in [-0.15, -0.1) is 0 Å². The first-order chi connectivity index (χ1) is 11.5. The SMILES string of the molecule is Cc1cccc2nc(CNC(=O)CC(O)c3ccc(Cl)cc3)cn12. The molecule has 0 spiro atoms. The molecule has 0 saturated heterocycles. The van der Waals surface area contributed by atoms with E-state index in [-0.39, 0.29) is 12.3 Å². The third kappa shape index (κ3) is 3.75. The lowest BCUT2D eigenvalue weighted by atomic mass is 10.1. The summed E-state index contributed by atoms with van der Waals surface area (Å²) in [7, 11) is 0. The summed E-state index contributed by atoms with van der Waals surface area (Å²) in [5.41, 5.74) is 3.37. The molecule has 0 aliphatic carbocycles. The van der Waals surface area contributed by atoms with Crippen LogP contribution in [0.1, 0.15) is 29.5 Å². The van der Waals surface area contributed by atoms with E-state index in [0.717, 1.165) is 17.0 Å². The summed E-state index contributed by atoms with van der Waals surface area (Å²) in [6.07, 6.45) is 1.04. The highest BCUT2D eigenvalue weighted by Crippen LogP contribution is 2.19. The molecule has 1 unspecified atom stereocenters. The Kier molecular flexibility index (Phi) is 4.83. The van der Waals surface area contributed by atoms with Crippen molar-refractivity contribution in [2.24, 2.45) is 0 Å². The molecule has 5 nitrogen and oxygen atoms in total. The number of halogens is 1. The number of hydrogen-bond donors (Lipinski definition) is 2. The van der Waals surface area contributed by atoms with Crippen LogP contribution in [0.25, 0.3) is 5.65 Å². The lowest BCUT2D eigenvalue weighted by molar-refractivity contribution is -0.123. The molecule has 2 aromatic heterocycles. The number of aromatic nitrogens is 2. The Labute approximate surface area is 144 Å². The van der Waals surface area contributed by atoms with Crippen molar-refractivity contribution >= 4 is 23.2 Å². The maximum atomic E-state index is 12.0. The zero-order valence-electron chi connectivity index (χ0n) is 13.2. The minimum atomic E-state index is -0.856. The highest BCUT2D eigenvalue weighted by molar-refractivity contribution is 6.30. The number of aliphatic hydroxyl groups is 1. The second-order valence-electron chi connectivity index (χ2n) is 5.68. The van der Waals surface area contributed by atoms with Gasteiger partial charge in [-0.3, -0.25) is 4.79 Å². The van der Waals surface area contributed by atoms with E-state index in [0.29, 0.717) is 17.1 Å². The van der Waals surface area contributed by atoms with Crippen LogP contribution >= 0.6 is 11.6 Å². The van der Waals surface area contributed by atoms with Gasteiger partial charge in [0.05, 0.1) is 24.8 Å². The van der Waals surface area contributed by atoms with Crippen LogP contribution in [-0.4, -0.2) is 20.4 Å². The normalized spacial score (nSPS) is 12.3. The van der Waals surface area contributed by atoms with Gasteiger partial charge in [-0.25, -0.2) is 4.98 Å². The highest BCUT2D eigenvalue weighted by Gasteiger charge is 2.13. The first-order valence-electron chi connectivity index (χ1n) is 7.67. The summed E-state index contributed by atoms with van der Waals surface area (Å²) in [4.78, 5) is 16.5. The van der Waals surface area contributed by atoms with E-state index in [9.17, 15) is 9.90 Å². The molecule has 24 heavy (non-hydrogen) atoms. The molecule has 124 valence electrons. The minimum absolute atomic E-state index is 0.00592. The smallest absolute Gasteiger partial charge is 0.223 e. The number of benzene rings is 1. The number of carbonyl (C=O) groups is 1. The third-order valence-corrected chi connectivity index (χ3v) is 4.10. The van der Waals surface area contributed by atoms with Gasteiger partial charge in [-0.1, -0.05) is 29.8 Å². The molecule has 6 heteroatoms. The number of nitrogens with zero attached hydrogens (tertiary/aromatic N) is 2. The van der Waals surface area contributed by atoms with Crippen LogP contribution in [0.4, 0.5) is 0 Å². The molecule has 3 aromatic rings. The van der Waals surface area contributed by atoms with Gasteiger partial charge in [0.15, 0.2) is 0 Å². The predicted octanol–water partition coefficient (Wildman–Crippen LogP) is 3.04. The van der Waals surface area contributed by atoms with Crippen molar-refractivity contribution in [3.63, 3.8) is 0 Å². The van der Waals surface area contributed by atoms with Crippen LogP contribution in [-0.2, 0) is 11.3 Å². The van der Waals surface area contributed by atoms with Gasteiger partial charge in [0, 0.05) is 16.9 Å². The average molecular weight is 344 g/mol. The molecular weight excluding hydrogens is 326 g/mol. The minimum Gasteiger partial charge on any atom is -0.388 e. The van der Waals surface area contributed by atoms with Gasteiger partial charge in [-0.05, 0) is 36.8 Å². The van der Waals surface area contributed by atoms with E-state index < -0.39 is 6.10 Å². The number of aliphatic hydroxyl groups excluding tert-OH is 1. The summed E-state index contributed by atoms with van der Waals surface area (Å²) >= 11 is 5.81. The first kappa shape index (κ1) is 16.5. The maximum absolute atomic E-state index is 12.0. The van der Waals surface area contributed by atoms with Gasteiger partial charge in [0.2, 0.25) is 5.91 Å². The molecular formula is C18H18ClN3O2. The summed E-state index contributed by atoms with van der Waals surface area (Å²) in [5, 5.41) is 13.5. The fourth-order valence-corrected chi connectivity index (χ4v) is 2.65. The monoisotopic (exact) mass is 343 g/mol. The van der Waals surface area contributed by atoms with E-state index in [1.165, 1.54) is 0 Å². The Morgan fingerprint density at radius 2 is 2.04 bits per heavy atom. The lowest BCUT2D eigenvalue weighted by Gasteiger charge is -2.11. The van der Waals surface area contributed by atoms with E-state index in [1.807, 2.05) is 35.7 Å². The second kappa shape index (κ2) is 7.03. The van der Waals surface area contributed by atoms with Crippen molar-refractivity contribution < 1.29 is 9.90 Å². The Bertz CT molecular complexity index is 858. The van der Waals surface area contributed by atoms with Gasteiger partial charge >= 0.3 is 0 Å². The number of hydrogen-bond acceptors (Lipinski definition) is 3. The summed E-state index contributed by atoms with van der Waals surface area (Å²) < 4.78 is 1.98. The molecule has 2 heterocycles. The Balaban J connectivity index is 1.58. The molecule has 1 amide bonds. The fraction of sp³-hybridized carbons (Fsp3) is 0.222. The summed E-state index contributed by atoms with van der Waals surface area (Å²) in [6, 6.07) is 12.7. The predicted molar refractivity (Wildman–Crippen MR) is 92.8 cm³/mol. The largest absolute Gasteiger partial charge is 0.388 e. The summed E-state index contributed by atoms with van der Waals surface area (Å²) in [6.45, 7) is 2.33. The molecule has 1 aromatic carbocycles. The van der Waals surface area contributed by atoms with Crippen LogP contribution in [0, 0.1) is 6.92 Å². The number of nitrogens with one attached hydrogen (secondary N) is 1. The topological polar surface area (TPSA) is 66.6 Å². The molecule has 0 aliphatic heterocycles. The summed E-state index contributed by atoms with van der Waals surface area (Å²) in [5.74, 6) is -0.230. The first-order valence-corrected chi connectivity index (χ1v) is 8.04. The number of aryl methyl sites for hydroxylation is 1. The van der Waals surface area contributed by atoms with Crippen molar-refractivity contribution in [3.05, 3.63) is 70.6 Å². The van der Waals surface area contributed by atoms with Crippen molar-refractivity contribution in [2.45, 2.75) is 26.0 Å². The number of carbonyl (C=O) groups excluding carboxylic acids is 1. The van der Waals surface area contributed by atoms with Gasteiger partial charge in [0.1, 0.15) is 5.65 Å². The van der Waals surface area contributed by atoms with Crippen molar-refractivity contribution in [1.82, 2.24) is 14.7 Å². The molecule has 0 bridgehead atoms. The van der Waals surface area contributed by atoms with E-state index in [1.54, 1.807) is 24.3 Å². The lowest BCUT2D eigenvalue weighted by Crippen LogP contribution is -2.24. The third-order valence-electron chi connectivity index (χ3n) is 3.85. The van der Waals surface area contributed by atoms with Crippen LogP contribution in [0.5, 0.6) is 0 Å². The molecule has 0 radical (unpaired) electrons. The number of fused-ring (bicyclic) bond motifs is 1. The number of amides is 1. The Hall–Kier alpha value is -2.37. The van der Waals surface area contributed by atoms with Crippen molar-refractivity contribution in [2.75, 3.05) is 0 Å². The number of rotatable bonds is 5. The molecule has 2 N–H and O–H groups in total. The van der Waals surface area contributed by atoms with Crippen LogP contribution in [0.2, 0.25) is 5.02 Å². The quantitative estimate of drug-likeness (QED) is 0.748. The maximum Gasteiger partial charge on any atom is 0.223 e. The Morgan fingerprint density at radius 3 is 2.75 bits per heavy atom. The van der Waals surface area contributed by atoms with E-state index >= 15 is 0 Å². The zero-order valence-corrected chi connectivity index (χ0v) is 14.0. The molecule has 0 aliphatic rings. The molecule has 3 rings (SSSR count). The van der Waals surface area contributed by atoms with Crippen molar-refractivity contribution in [1.29, 1.82) is 0 Å². The van der Waals surface area contributed by atoms with Crippen LogP contribution < -0.4 is 5.32 Å². The molecule has 0 fully saturated rings. The van der Waals surface area contributed by atoms with Gasteiger partial charge in [-0.2, -0.15) is 0 Å². The van der Waals surface area contributed by atoms with Crippen molar-refractivity contribution in [3.8, 4) is 0 Å².